The van der Waals surface area contributed by atoms with E-state index in [0.717, 1.165) is 11.3 Å². The molecule has 0 unspecified atom stereocenters. The molecule has 0 fully saturated rings. The number of nitrogens with one attached hydrogen (secondary N) is 1. The maximum atomic E-state index is 5.27. The molecule has 1 aromatic carbocycles. The lowest BCUT2D eigenvalue weighted by molar-refractivity contribution is 0.576. The fourth-order valence-electron chi connectivity index (χ4n) is 1.69. The largest absolute Gasteiger partial charge is 0.432 e. The van der Waals surface area contributed by atoms with Gasteiger partial charge in [0.05, 0.1) is 0 Å². The van der Waals surface area contributed by atoms with Crippen LogP contribution in [0.4, 0.5) is 6.01 Å². The Hall–Kier alpha value is -1.81. The third-order valence-electron chi connectivity index (χ3n) is 2.47. The highest BCUT2D eigenvalue weighted by molar-refractivity contribution is 7.17. The Balaban J connectivity index is 2.18. The van der Waals surface area contributed by atoms with Gasteiger partial charge in [0.1, 0.15) is 12.0 Å². The molecule has 4 heteroatoms. The van der Waals surface area contributed by atoms with E-state index in [0.29, 0.717) is 6.01 Å². The topological polar surface area (TPSA) is 38.1 Å². The fourth-order valence-corrected chi connectivity index (χ4v) is 2.64. The molecular weight excluding hydrogens is 220 g/mol. The highest BCUT2D eigenvalue weighted by Gasteiger charge is 2.09. The van der Waals surface area contributed by atoms with Crippen molar-refractivity contribution < 1.29 is 4.42 Å². The van der Waals surface area contributed by atoms with Crippen LogP contribution >= 0.6 is 11.3 Å². The molecule has 3 rings (SSSR count). The number of benzene rings is 1. The zero-order chi connectivity index (χ0) is 11.0. The summed E-state index contributed by atoms with van der Waals surface area (Å²) in [5, 5.41) is 6.22. The number of aromatic nitrogens is 1. The molecule has 1 N–H and O–H groups in total. The van der Waals surface area contributed by atoms with Gasteiger partial charge >= 0.3 is 0 Å². The number of rotatable bonds is 2. The van der Waals surface area contributed by atoms with Crippen LogP contribution in [0.1, 0.15) is 0 Å². The average molecular weight is 230 g/mol. The molecule has 0 radical (unpaired) electrons. The molecule has 0 aliphatic heterocycles. The number of hydrogen-bond donors (Lipinski definition) is 1. The van der Waals surface area contributed by atoms with Crippen LogP contribution in [-0.4, -0.2) is 12.0 Å². The minimum Gasteiger partial charge on any atom is -0.432 e. The Labute approximate surface area is 96.7 Å². The minimum atomic E-state index is 0.547. The predicted octanol–water partition coefficient (Wildman–Crippen LogP) is 3.60. The highest BCUT2D eigenvalue weighted by atomic mass is 32.1. The monoisotopic (exact) mass is 230 g/mol. The van der Waals surface area contributed by atoms with Crippen molar-refractivity contribution in [1.29, 1.82) is 0 Å². The van der Waals surface area contributed by atoms with Gasteiger partial charge in [0, 0.05) is 28.1 Å². The average Bonchev–Trinajstić information content (AvgIpc) is 2.94. The van der Waals surface area contributed by atoms with Crippen LogP contribution < -0.4 is 5.32 Å². The van der Waals surface area contributed by atoms with Crippen molar-refractivity contribution in [3.05, 3.63) is 35.9 Å². The first-order chi connectivity index (χ1) is 7.88. The standard InChI is InChI=1S/C12H10N2OS/c1-13-12-14-10(6-15-12)9-7-16-11-5-3-2-4-8(9)11/h2-7H,1H3,(H,13,14). The smallest absolute Gasteiger partial charge is 0.294 e. The van der Waals surface area contributed by atoms with E-state index in [9.17, 15) is 0 Å². The lowest BCUT2D eigenvalue weighted by atomic mass is 10.1. The van der Waals surface area contributed by atoms with E-state index in [1.165, 1.54) is 10.1 Å². The summed E-state index contributed by atoms with van der Waals surface area (Å²) in [5.41, 5.74) is 2.01. The second-order valence-corrected chi connectivity index (χ2v) is 4.34. The van der Waals surface area contributed by atoms with Crippen LogP contribution in [0.3, 0.4) is 0 Å². The Morgan fingerprint density at radius 3 is 3.00 bits per heavy atom. The number of fused-ring (bicyclic) bond motifs is 1. The summed E-state index contributed by atoms with van der Waals surface area (Å²) in [4.78, 5) is 4.35. The number of thiophene rings is 1. The third-order valence-corrected chi connectivity index (χ3v) is 3.44. The molecule has 0 saturated carbocycles. The first-order valence-electron chi connectivity index (χ1n) is 4.98. The van der Waals surface area contributed by atoms with Crippen molar-refractivity contribution in [3.8, 4) is 11.3 Å². The molecule has 0 saturated heterocycles. The maximum absolute atomic E-state index is 5.27. The summed E-state index contributed by atoms with van der Waals surface area (Å²) in [6, 6.07) is 8.85. The van der Waals surface area contributed by atoms with Crippen molar-refractivity contribution >= 4 is 27.4 Å². The number of anilines is 1. The summed E-state index contributed by atoms with van der Waals surface area (Å²) in [6.07, 6.45) is 1.68. The first kappa shape index (κ1) is 9.42. The normalized spacial score (nSPS) is 10.8. The Morgan fingerprint density at radius 1 is 1.31 bits per heavy atom. The van der Waals surface area contributed by atoms with E-state index < -0.39 is 0 Å². The lowest BCUT2D eigenvalue weighted by Crippen LogP contribution is -1.86. The quantitative estimate of drug-likeness (QED) is 0.731. The van der Waals surface area contributed by atoms with Gasteiger partial charge in [-0.05, 0) is 6.07 Å². The lowest BCUT2D eigenvalue weighted by Gasteiger charge is -1.92. The van der Waals surface area contributed by atoms with E-state index >= 15 is 0 Å². The molecule has 80 valence electrons. The Kier molecular flexibility index (Phi) is 2.15. The molecule has 16 heavy (non-hydrogen) atoms. The molecule has 0 bridgehead atoms. The predicted molar refractivity (Wildman–Crippen MR) is 66.9 cm³/mol. The van der Waals surface area contributed by atoms with Crippen LogP contribution in [0.5, 0.6) is 0 Å². The third kappa shape index (κ3) is 1.39. The minimum absolute atomic E-state index is 0.547. The van der Waals surface area contributed by atoms with Crippen molar-refractivity contribution in [2.75, 3.05) is 12.4 Å². The second-order valence-electron chi connectivity index (χ2n) is 3.43. The first-order valence-corrected chi connectivity index (χ1v) is 5.86. The molecular formula is C12H10N2OS. The van der Waals surface area contributed by atoms with Crippen LogP contribution in [-0.2, 0) is 0 Å². The van der Waals surface area contributed by atoms with Gasteiger partial charge in [-0.1, -0.05) is 18.2 Å². The molecule has 0 amide bonds. The van der Waals surface area contributed by atoms with E-state index in [1.807, 2.05) is 12.1 Å². The van der Waals surface area contributed by atoms with Gasteiger partial charge in [0.25, 0.3) is 6.01 Å². The van der Waals surface area contributed by atoms with Gasteiger partial charge in [-0.25, -0.2) is 0 Å². The van der Waals surface area contributed by atoms with Crippen molar-refractivity contribution in [3.63, 3.8) is 0 Å². The van der Waals surface area contributed by atoms with Gasteiger partial charge in [-0.15, -0.1) is 11.3 Å². The van der Waals surface area contributed by atoms with Gasteiger partial charge < -0.3 is 9.73 Å². The van der Waals surface area contributed by atoms with E-state index in [1.54, 1.807) is 24.6 Å². The van der Waals surface area contributed by atoms with Crippen molar-refractivity contribution in [2.24, 2.45) is 0 Å². The zero-order valence-corrected chi connectivity index (χ0v) is 9.54. The van der Waals surface area contributed by atoms with Crippen molar-refractivity contribution in [2.45, 2.75) is 0 Å². The SMILES string of the molecule is CNc1nc(-c2csc3ccccc23)co1. The van der Waals surface area contributed by atoms with E-state index in [-0.39, 0.29) is 0 Å². The second kappa shape index (κ2) is 3.64. The van der Waals surface area contributed by atoms with E-state index in [4.69, 9.17) is 4.42 Å². The molecule has 3 nitrogen and oxygen atoms in total. The summed E-state index contributed by atoms with van der Waals surface area (Å²) in [6.45, 7) is 0. The summed E-state index contributed by atoms with van der Waals surface area (Å²) in [7, 11) is 1.79. The molecule has 2 aromatic heterocycles. The molecule has 0 spiro atoms. The number of nitrogens with zero attached hydrogens (tertiary/aromatic N) is 1. The molecule has 2 heterocycles. The van der Waals surface area contributed by atoms with Crippen LogP contribution in [0, 0.1) is 0 Å². The summed E-state index contributed by atoms with van der Waals surface area (Å²) < 4.78 is 6.54. The molecule has 0 aliphatic carbocycles. The van der Waals surface area contributed by atoms with Gasteiger partial charge in [-0.2, -0.15) is 4.98 Å². The Bertz CT molecular complexity index is 627. The van der Waals surface area contributed by atoms with Crippen LogP contribution in [0.25, 0.3) is 21.3 Å². The highest BCUT2D eigenvalue weighted by Crippen LogP contribution is 2.33. The number of hydrogen-bond acceptors (Lipinski definition) is 4. The number of oxazole rings is 1. The zero-order valence-electron chi connectivity index (χ0n) is 8.73. The van der Waals surface area contributed by atoms with Crippen molar-refractivity contribution in [1.82, 2.24) is 4.98 Å². The fraction of sp³-hybridized carbons (Fsp3) is 0.0833. The molecule has 3 aromatic rings. The summed E-state index contributed by atoms with van der Waals surface area (Å²) >= 11 is 1.72. The van der Waals surface area contributed by atoms with Gasteiger partial charge in [0.15, 0.2) is 0 Å². The van der Waals surface area contributed by atoms with Crippen LogP contribution in [0.2, 0.25) is 0 Å². The maximum Gasteiger partial charge on any atom is 0.294 e. The summed E-state index contributed by atoms with van der Waals surface area (Å²) in [5.74, 6) is 0. The van der Waals surface area contributed by atoms with Crippen LogP contribution in [0.15, 0.2) is 40.3 Å². The molecule has 0 atom stereocenters. The Morgan fingerprint density at radius 2 is 2.19 bits per heavy atom. The molecule has 0 aliphatic rings. The van der Waals surface area contributed by atoms with Gasteiger partial charge in [0.2, 0.25) is 0 Å². The van der Waals surface area contributed by atoms with Gasteiger partial charge in [-0.3, -0.25) is 0 Å². The van der Waals surface area contributed by atoms with E-state index in [2.05, 4.69) is 27.8 Å².